The minimum atomic E-state index is -3.38. The number of nitrogens with one attached hydrogen (secondary N) is 1. The van der Waals surface area contributed by atoms with Crippen molar-refractivity contribution in [1.29, 1.82) is 0 Å². The van der Waals surface area contributed by atoms with Gasteiger partial charge in [-0.2, -0.15) is 8.78 Å². The smallest absolute Gasteiger partial charge is 0.408 e. The van der Waals surface area contributed by atoms with Gasteiger partial charge in [-0.05, 0) is 32.4 Å². The van der Waals surface area contributed by atoms with Crippen LogP contribution in [-0.4, -0.2) is 23.7 Å². The summed E-state index contributed by atoms with van der Waals surface area (Å²) in [5.74, 6) is -4.51. The van der Waals surface area contributed by atoms with E-state index >= 15 is 0 Å². The molecule has 0 spiro atoms. The molecule has 2 amide bonds. The molecule has 0 aliphatic heterocycles. The number of benzene rings is 1. The normalized spacial score (nSPS) is 13.3. The van der Waals surface area contributed by atoms with Crippen LogP contribution in [0, 0.1) is 5.41 Å². The second kappa shape index (κ2) is 7.21. The van der Waals surface area contributed by atoms with Crippen LogP contribution in [0.25, 0.3) is 0 Å². The number of rotatable bonds is 6. The summed E-state index contributed by atoms with van der Waals surface area (Å²) < 4.78 is 30.0. The van der Waals surface area contributed by atoms with Crippen molar-refractivity contribution in [3.05, 3.63) is 29.8 Å². The molecule has 23 heavy (non-hydrogen) atoms. The van der Waals surface area contributed by atoms with E-state index in [-0.39, 0.29) is 12.2 Å². The van der Waals surface area contributed by atoms with Crippen molar-refractivity contribution in [1.82, 2.24) is 5.32 Å². The van der Waals surface area contributed by atoms with Crippen LogP contribution in [0.4, 0.5) is 8.78 Å². The highest BCUT2D eigenvalue weighted by molar-refractivity contribution is 7.17. The predicted molar refractivity (Wildman–Crippen MR) is 86.0 cm³/mol. The average molecular weight is 346 g/mol. The lowest BCUT2D eigenvalue weighted by molar-refractivity contribution is -0.129. The van der Waals surface area contributed by atoms with Gasteiger partial charge >= 0.3 is 5.85 Å². The van der Waals surface area contributed by atoms with Crippen molar-refractivity contribution < 1.29 is 23.1 Å². The summed E-state index contributed by atoms with van der Waals surface area (Å²) in [5.41, 5.74) is 5.24. The summed E-state index contributed by atoms with van der Waals surface area (Å²) in [4.78, 5) is 23.5. The number of primary amides is 1. The molecule has 0 aromatic heterocycles. The summed E-state index contributed by atoms with van der Waals surface area (Å²) in [5, 5.41) is 2.57. The highest BCUT2D eigenvalue weighted by Crippen LogP contribution is 2.27. The summed E-state index contributed by atoms with van der Waals surface area (Å²) in [6.45, 7) is 5.33. The molecule has 3 N–H and O–H groups in total. The van der Waals surface area contributed by atoms with Crippen LogP contribution in [0.5, 0.6) is 5.75 Å². The number of ether oxygens (including phenoxy) is 1. The fraction of sp³-hybridized carbons (Fsp3) is 0.467. The van der Waals surface area contributed by atoms with E-state index in [1.54, 1.807) is 26.8 Å². The highest BCUT2D eigenvalue weighted by atomic mass is 31.0. The Labute approximate surface area is 136 Å². The zero-order valence-corrected chi connectivity index (χ0v) is 14.4. The fourth-order valence-corrected chi connectivity index (χ4v) is 2.12. The lowest BCUT2D eigenvalue weighted by Crippen LogP contribution is -2.52. The third-order valence-corrected chi connectivity index (χ3v) is 3.09. The minimum absolute atomic E-state index is 0.0578. The molecular weight excluding hydrogens is 325 g/mol. The maximum Gasteiger partial charge on any atom is 0.408 e. The van der Waals surface area contributed by atoms with Gasteiger partial charge in [0.15, 0.2) is 0 Å². The van der Waals surface area contributed by atoms with Gasteiger partial charge in [0.1, 0.15) is 11.8 Å². The molecule has 1 aromatic rings. The van der Waals surface area contributed by atoms with Gasteiger partial charge in [0.05, 0.1) is 6.42 Å². The molecule has 5 nitrogen and oxygen atoms in total. The minimum Gasteiger partial charge on any atom is -0.430 e. The quantitative estimate of drug-likeness (QED) is 0.774. The number of carbonyl (C=O) groups is 2. The number of amides is 2. The summed E-state index contributed by atoms with van der Waals surface area (Å²) >= 11 is 0. The van der Waals surface area contributed by atoms with Crippen LogP contribution >= 0.6 is 9.24 Å². The van der Waals surface area contributed by atoms with E-state index in [0.717, 1.165) is 0 Å². The molecule has 8 heteroatoms. The Morgan fingerprint density at radius 1 is 1.35 bits per heavy atom. The fourth-order valence-electron chi connectivity index (χ4n) is 1.99. The zero-order valence-electron chi connectivity index (χ0n) is 13.2. The third kappa shape index (κ3) is 6.91. The van der Waals surface area contributed by atoms with E-state index in [1.807, 2.05) is 0 Å². The maximum absolute atomic E-state index is 12.8. The van der Waals surface area contributed by atoms with Crippen LogP contribution in [0.15, 0.2) is 24.3 Å². The maximum atomic E-state index is 12.8. The van der Waals surface area contributed by atoms with Crippen molar-refractivity contribution in [2.45, 2.75) is 39.1 Å². The SMILES string of the molecule is CC(C)(C)C(NC(=O)Cc1cccc(OC(F)(F)P)c1)C(N)=O. The van der Waals surface area contributed by atoms with E-state index < -0.39 is 29.1 Å². The van der Waals surface area contributed by atoms with Gasteiger partial charge in [-0.3, -0.25) is 9.59 Å². The Hall–Kier alpha value is -1.75. The second-order valence-electron chi connectivity index (χ2n) is 6.26. The first-order valence-corrected chi connectivity index (χ1v) is 7.49. The van der Waals surface area contributed by atoms with Crippen molar-refractivity contribution in [3.63, 3.8) is 0 Å². The number of halogens is 2. The number of hydrogen-bond acceptors (Lipinski definition) is 3. The molecule has 128 valence electrons. The van der Waals surface area contributed by atoms with E-state index in [0.29, 0.717) is 5.56 Å². The zero-order chi connectivity index (χ0) is 17.8. The molecule has 1 aromatic carbocycles. The highest BCUT2D eigenvalue weighted by Gasteiger charge is 2.31. The number of nitrogens with two attached hydrogens (primary N) is 1. The van der Waals surface area contributed by atoms with E-state index in [4.69, 9.17) is 5.73 Å². The molecule has 0 aliphatic carbocycles. The first-order chi connectivity index (χ1) is 10.4. The van der Waals surface area contributed by atoms with Crippen LogP contribution in [0.1, 0.15) is 26.3 Å². The Morgan fingerprint density at radius 2 is 1.96 bits per heavy atom. The van der Waals surface area contributed by atoms with Gasteiger partial charge in [0.2, 0.25) is 11.8 Å². The van der Waals surface area contributed by atoms with E-state index in [9.17, 15) is 18.4 Å². The van der Waals surface area contributed by atoms with E-state index in [2.05, 4.69) is 10.1 Å². The molecule has 0 heterocycles. The van der Waals surface area contributed by atoms with Crippen LogP contribution in [-0.2, 0) is 16.0 Å². The van der Waals surface area contributed by atoms with Gasteiger partial charge in [-0.25, -0.2) is 0 Å². The molecular formula is C15H21F2N2O3P. The molecule has 0 radical (unpaired) electrons. The lowest BCUT2D eigenvalue weighted by Gasteiger charge is -2.28. The van der Waals surface area contributed by atoms with Crippen LogP contribution in [0.3, 0.4) is 0 Å². The van der Waals surface area contributed by atoms with Gasteiger partial charge in [0.25, 0.3) is 0 Å². The predicted octanol–water partition coefficient (Wildman–Crippen LogP) is 2.05. The number of carbonyl (C=O) groups excluding carboxylic acids is 2. The summed E-state index contributed by atoms with van der Waals surface area (Å²) in [6.07, 6.45) is -0.0838. The van der Waals surface area contributed by atoms with Crippen LogP contribution in [0.2, 0.25) is 0 Å². The van der Waals surface area contributed by atoms with Crippen molar-refractivity contribution in [2.24, 2.45) is 11.1 Å². The first-order valence-electron chi connectivity index (χ1n) is 6.92. The molecule has 1 rings (SSSR count). The number of hydrogen-bond donors (Lipinski definition) is 2. The van der Waals surface area contributed by atoms with Gasteiger partial charge < -0.3 is 15.8 Å². The molecule has 0 fully saturated rings. The van der Waals surface area contributed by atoms with Crippen LogP contribution < -0.4 is 15.8 Å². The molecule has 2 unspecified atom stereocenters. The Bertz CT molecular complexity index is 583. The number of alkyl halides is 2. The van der Waals surface area contributed by atoms with Crippen molar-refractivity contribution in [3.8, 4) is 5.75 Å². The largest absolute Gasteiger partial charge is 0.430 e. The van der Waals surface area contributed by atoms with Crippen molar-refractivity contribution in [2.75, 3.05) is 0 Å². The topological polar surface area (TPSA) is 81.4 Å². The lowest BCUT2D eigenvalue weighted by atomic mass is 9.86. The standard InChI is InChI=1S/C15H21F2N2O3P/c1-14(2,3)12(13(18)21)19-11(20)8-9-5-4-6-10(7-9)22-15(16,17)23/h4-7,12H,8,23H2,1-3H3,(H2,18,21)(H,19,20). The van der Waals surface area contributed by atoms with E-state index in [1.165, 1.54) is 27.4 Å². The van der Waals surface area contributed by atoms with Gasteiger partial charge in [-0.15, -0.1) is 0 Å². The Balaban J connectivity index is 2.78. The molecule has 0 bridgehead atoms. The average Bonchev–Trinajstić information content (AvgIpc) is 2.32. The Kier molecular flexibility index (Phi) is 6.05. The second-order valence-corrected chi connectivity index (χ2v) is 6.93. The van der Waals surface area contributed by atoms with Gasteiger partial charge in [-0.1, -0.05) is 32.9 Å². The molecule has 0 aliphatic rings. The summed E-state index contributed by atoms with van der Waals surface area (Å²) in [6, 6.07) is 4.98. The first kappa shape index (κ1) is 19.3. The Morgan fingerprint density at radius 3 is 2.43 bits per heavy atom. The molecule has 0 saturated heterocycles. The van der Waals surface area contributed by atoms with Crippen molar-refractivity contribution >= 4 is 21.1 Å². The third-order valence-electron chi connectivity index (χ3n) is 2.97. The molecule has 0 saturated carbocycles. The monoisotopic (exact) mass is 346 g/mol. The van der Waals surface area contributed by atoms with Gasteiger partial charge in [0, 0.05) is 0 Å². The summed E-state index contributed by atoms with van der Waals surface area (Å²) in [7, 11) is 1.27. The molecule has 2 atom stereocenters.